The zero-order chi connectivity index (χ0) is 18.5. The molecule has 0 bridgehead atoms. The molecule has 0 aliphatic carbocycles. The second-order valence-corrected chi connectivity index (χ2v) is 5.83. The molecule has 26 heavy (non-hydrogen) atoms. The Kier molecular flexibility index (Phi) is 5.12. The summed E-state index contributed by atoms with van der Waals surface area (Å²) in [7, 11) is 1.56. The largest absolute Gasteiger partial charge is 0.495 e. The molecule has 1 heterocycles. The van der Waals surface area contributed by atoms with E-state index in [4.69, 9.17) is 4.74 Å². The van der Waals surface area contributed by atoms with Crippen molar-refractivity contribution in [3.8, 4) is 5.75 Å². The van der Waals surface area contributed by atoms with E-state index < -0.39 is 0 Å². The number of nitrogens with one attached hydrogen (secondary N) is 2. The van der Waals surface area contributed by atoms with E-state index in [2.05, 4.69) is 20.6 Å². The van der Waals surface area contributed by atoms with E-state index in [0.29, 0.717) is 23.1 Å². The van der Waals surface area contributed by atoms with Crippen molar-refractivity contribution in [1.82, 2.24) is 9.97 Å². The van der Waals surface area contributed by atoms with Crippen LogP contribution >= 0.6 is 0 Å². The van der Waals surface area contributed by atoms with Crippen molar-refractivity contribution < 1.29 is 9.53 Å². The van der Waals surface area contributed by atoms with Crippen molar-refractivity contribution in [3.05, 3.63) is 71.7 Å². The van der Waals surface area contributed by atoms with Crippen LogP contribution in [0.25, 0.3) is 0 Å². The third-order valence-electron chi connectivity index (χ3n) is 3.72. The smallest absolute Gasteiger partial charge is 0.274 e. The quantitative estimate of drug-likeness (QED) is 0.726. The number of amides is 1. The normalized spacial score (nSPS) is 10.3. The van der Waals surface area contributed by atoms with Gasteiger partial charge in [0.05, 0.1) is 12.8 Å². The predicted molar refractivity (Wildman–Crippen MR) is 102 cm³/mol. The third kappa shape index (κ3) is 4.16. The van der Waals surface area contributed by atoms with Crippen LogP contribution in [-0.2, 0) is 0 Å². The molecule has 0 saturated carbocycles. The molecule has 6 nitrogen and oxygen atoms in total. The van der Waals surface area contributed by atoms with Gasteiger partial charge in [0, 0.05) is 11.8 Å². The van der Waals surface area contributed by atoms with Crippen molar-refractivity contribution in [1.29, 1.82) is 0 Å². The highest BCUT2D eigenvalue weighted by Gasteiger charge is 2.13. The minimum atomic E-state index is -0.327. The van der Waals surface area contributed by atoms with Crippen LogP contribution in [0.2, 0.25) is 0 Å². The Balaban J connectivity index is 1.83. The molecule has 1 aromatic heterocycles. The molecule has 0 atom stereocenters. The van der Waals surface area contributed by atoms with Gasteiger partial charge in [0.1, 0.15) is 23.1 Å². The van der Waals surface area contributed by atoms with Crippen molar-refractivity contribution in [2.75, 3.05) is 17.7 Å². The Labute approximate surface area is 152 Å². The summed E-state index contributed by atoms with van der Waals surface area (Å²) in [5, 5.41) is 6.03. The molecular formula is C20H20N4O2. The molecule has 0 fully saturated rings. The van der Waals surface area contributed by atoms with E-state index in [1.165, 1.54) is 0 Å². The molecule has 0 aliphatic heterocycles. The van der Waals surface area contributed by atoms with Gasteiger partial charge in [-0.1, -0.05) is 24.3 Å². The number of hydrogen-bond acceptors (Lipinski definition) is 5. The highest BCUT2D eigenvalue weighted by Crippen LogP contribution is 2.24. The maximum atomic E-state index is 12.6. The number of carbonyl (C=O) groups excluding carboxylic acids is 1. The lowest BCUT2D eigenvalue weighted by molar-refractivity contribution is 0.102. The van der Waals surface area contributed by atoms with E-state index in [0.717, 1.165) is 11.3 Å². The monoisotopic (exact) mass is 348 g/mol. The van der Waals surface area contributed by atoms with Crippen LogP contribution in [0.3, 0.4) is 0 Å². The summed E-state index contributed by atoms with van der Waals surface area (Å²) >= 11 is 0. The Morgan fingerprint density at radius 1 is 1.00 bits per heavy atom. The van der Waals surface area contributed by atoms with E-state index >= 15 is 0 Å². The van der Waals surface area contributed by atoms with Crippen LogP contribution in [0.5, 0.6) is 5.75 Å². The first-order valence-electron chi connectivity index (χ1n) is 8.19. The summed E-state index contributed by atoms with van der Waals surface area (Å²) in [6.07, 6.45) is 0. The summed E-state index contributed by atoms with van der Waals surface area (Å²) in [6, 6.07) is 16.8. The fraction of sp³-hybridized carbons (Fsp3) is 0.150. The zero-order valence-corrected chi connectivity index (χ0v) is 14.9. The average molecular weight is 348 g/mol. The van der Waals surface area contributed by atoms with Gasteiger partial charge >= 0.3 is 0 Å². The molecule has 3 rings (SSSR count). The summed E-state index contributed by atoms with van der Waals surface area (Å²) in [6.45, 7) is 3.77. The fourth-order valence-corrected chi connectivity index (χ4v) is 2.55. The number of carbonyl (C=O) groups is 1. The maximum absolute atomic E-state index is 12.6. The van der Waals surface area contributed by atoms with Gasteiger partial charge in [-0.2, -0.15) is 0 Å². The number of anilines is 3. The topological polar surface area (TPSA) is 76.1 Å². The summed E-state index contributed by atoms with van der Waals surface area (Å²) in [5.74, 6) is 1.33. The van der Waals surface area contributed by atoms with Crippen molar-refractivity contribution in [2.45, 2.75) is 13.8 Å². The Morgan fingerprint density at radius 3 is 2.58 bits per heavy atom. The minimum Gasteiger partial charge on any atom is -0.495 e. The number of rotatable bonds is 5. The first kappa shape index (κ1) is 17.4. The first-order chi connectivity index (χ1) is 12.5. The standard InChI is InChI=1S/C20H20N4O2/c1-13-7-6-8-15(11-13)23-19-12-17(21-14(2)22-19)20(25)24-16-9-4-5-10-18(16)26-3/h4-12H,1-3H3,(H,24,25)(H,21,22,23). The molecule has 2 aromatic carbocycles. The molecule has 0 spiro atoms. The van der Waals surface area contributed by atoms with Crippen LogP contribution in [0, 0.1) is 13.8 Å². The lowest BCUT2D eigenvalue weighted by atomic mass is 10.2. The summed E-state index contributed by atoms with van der Waals surface area (Å²) < 4.78 is 5.26. The number of para-hydroxylation sites is 2. The molecule has 0 unspecified atom stereocenters. The number of benzene rings is 2. The molecule has 132 valence electrons. The van der Waals surface area contributed by atoms with E-state index in [9.17, 15) is 4.79 Å². The SMILES string of the molecule is COc1ccccc1NC(=O)c1cc(Nc2cccc(C)c2)nc(C)n1. The van der Waals surface area contributed by atoms with Crippen LogP contribution < -0.4 is 15.4 Å². The van der Waals surface area contributed by atoms with E-state index in [1.54, 1.807) is 32.2 Å². The summed E-state index contributed by atoms with van der Waals surface area (Å²) in [4.78, 5) is 21.2. The molecule has 6 heteroatoms. The molecule has 3 aromatic rings. The van der Waals surface area contributed by atoms with Crippen LogP contribution in [0.15, 0.2) is 54.6 Å². The first-order valence-corrected chi connectivity index (χ1v) is 8.19. The van der Waals surface area contributed by atoms with Gasteiger partial charge in [0.2, 0.25) is 0 Å². The van der Waals surface area contributed by atoms with Crippen molar-refractivity contribution in [3.63, 3.8) is 0 Å². The molecule has 0 aliphatic rings. The maximum Gasteiger partial charge on any atom is 0.274 e. The van der Waals surface area contributed by atoms with Gasteiger partial charge in [0.15, 0.2) is 0 Å². The van der Waals surface area contributed by atoms with E-state index in [1.807, 2.05) is 43.3 Å². The van der Waals surface area contributed by atoms with Crippen LogP contribution in [0.1, 0.15) is 21.9 Å². The van der Waals surface area contributed by atoms with Crippen LogP contribution in [-0.4, -0.2) is 23.0 Å². The minimum absolute atomic E-state index is 0.276. The third-order valence-corrected chi connectivity index (χ3v) is 3.72. The van der Waals surface area contributed by atoms with Crippen molar-refractivity contribution in [2.24, 2.45) is 0 Å². The molecule has 0 saturated heterocycles. The van der Waals surface area contributed by atoms with E-state index in [-0.39, 0.29) is 11.6 Å². The van der Waals surface area contributed by atoms with Gasteiger partial charge in [-0.3, -0.25) is 4.79 Å². The highest BCUT2D eigenvalue weighted by molar-refractivity contribution is 6.04. The van der Waals surface area contributed by atoms with Crippen LogP contribution in [0.4, 0.5) is 17.2 Å². The lowest BCUT2D eigenvalue weighted by Gasteiger charge is -2.11. The Morgan fingerprint density at radius 2 is 1.81 bits per heavy atom. The number of hydrogen-bond donors (Lipinski definition) is 2. The molecule has 2 N–H and O–H groups in total. The number of methoxy groups -OCH3 is 1. The van der Waals surface area contributed by atoms with Gasteiger partial charge in [-0.05, 0) is 43.7 Å². The zero-order valence-electron chi connectivity index (χ0n) is 14.9. The van der Waals surface area contributed by atoms with Gasteiger partial charge < -0.3 is 15.4 Å². The Hall–Kier alpha value is -3.41. The molecule has 1 amide bonds. The van der Waals surface area contributed by atoms with Gasteiger partial charge in [-0.25, -0.2) is 9.97 Å². The van der Waals surface area contributed by atoms with Crippen molar-refractivity contribution >= 4 is 23.1 Å². The fourth-order valence-electron chi connectivity index (χ4n) is 2.55. The predicted octanol–water partition coefficient (Wildman–Crippen LogP) is 4.10. The number of aryl methyl sites for hydroxylation is 2. The number of ether oxygens (including phenoxy) is 1. The molecular weight excluding hydrogens is 328 g/mol. The number of nitrogens with zero attached hydrogens (tertiary/aromatic N) is 2. The average Bonchev–Trinajstić information content (AvgIpc) is 2.61. The molecule has 0 radical (unpaired) electrons. The lowest BCUT2D eigenvalue weighted by Crippen LogP contribution is -2.16. The summed E-state index contributed by atoms with van der Waals surface area (Å²) in [5.41, 5.74) is 2.90. The highest BCUT2D eigenvalue weighted by atomic mass is 16.5. The van der Waals surface area contributed by atoms with Gasteiger partial charge in [0.25, 0.3) is 5.91 Å². The van der Waals surface area contributed by atoms with Gasteiger partial charge in [-0.15, -0.1) is 0 Å². The second kappa shape index (κ2) is 7.65. The Bertz CT molecular complexity index is 941. The second-order valence-electron chi connectivity index (χ2n) is 5.83. The number of aromatic nitrogens is 2.